The van der Waals surface area contributed by atoms with Gasteiger partial charge in [0.1, 0.15) is 5.75 Å². The molecule has 0 aliphatic carbocycles. The van der Waals surface area contributed by atoms with Crippen molar-refractivity contribution >= 4 is 15.5 Å². The molecule has 112 valence electrons. The zero-order chi connectivity index (χ0) is 15.5. The van der Waals surface area contributed by atoms with E-state index >= 15 is 0 Å². The number of rotatable bonds is 5. The zero-order valence-electron chi connectivity index (χ0n) is 12.2. The molecule has 0 atom stereocenters. The fourth-order valence-corrected chi connectivity index (χ4v) is 3.83. The van der Waals surface area contributed by atoms with Gasteiger partial charge in [0.05, 0.1) is 17.3 Å². The molecule has 5 heteroatoms. The average Bonchev–Trinajstić information content (AvgIpc) is 2.42. The molecule has 0 spiro atoms. The molecule has 0 radical (unpaired) electrons. The van der Waals surface area contributed by atoms with Crippen LogP contribution >= 0.6 is 0 Å². The Hall–Kier alpha value is -2.01. The van der Waals surface area contributed by atoms with Crippen molar-refractivity contribution in [2.45, 2.75) is 24.5 Å². The first-order chi connectivity index (χ1) is 9.94. The van der Waals surface area contributed by atoms with E-state index in [2.05, 4.69) is 0 Å². The quantitative estimate of drug-likeness (QED) is 0.862. The molecule has 0 aliphatic heterocycles. The molecule has 2 aromatic carbocycles. The number of ether oxygens (including phenoxy) is 1. The lowest BCUT2D eigenvalue weighted by molar-refractivity contribution is 0.337. The molecular formula is C16H19NO3S. The monoisotopic (exact) mass is 305 g/mol. The largest absolute Gasteiger partial charge is 0.494 e. The summed E-state index contributed by atoms with van der Waals surface area (Å²) in [4.78, 5) is 0.342. The van der Waals surface area contributed by atoms with Gasteiger partial charge in [-0.1, -0.05) is 18.2 Å². The molecular weight excluding hydrogens is 286 g/mol. The summed E-state index contributed by atoms with van der Waals surface area (Å²) in [5.74, 6) is 0.432. The van der Waals surface area contributed by atoms with Crippen molar-refractivity contribution in [1.29, 1.82) is 0 Å². The van der Waals surface area contributed by atoms with Gasteiger partial charge in [-0.05, 0) is 43.7 Å². The molecule has 0 amide bonds. The number of benzene rings is 2. The van der Waals surface area contributed by atoms with Crippen LogP contribution < -0.4 is 10.5 Å². The minimum absolute atomic E-state index is 0.127. The molecule has 0 bridgehead atoms. The molecule has 0 saturated heterocycles. The topological polar surface area (TPSA) is 69.4 Å². The highest BCUT2D eigenvalue weighted by Gasteiger charge is 2.19. The number of aryl methyl sites for hydroxylation is 1. The molecule has 21 heavy (non-hydrogen) atoms. The minimum Gasteiger partial charge on any atom is -0.494 e. The Kier molecular flexibility index (Phi) is 4.53. The SMILES string of the molecule is CCOc1ccc(N)cc1CS(=O)(=O)c1ccccc1C. The molecule has 0 saturated carbocycles. The summed E-state index contributed by atoms with van der Waals surface area (Å²) >= 11 is 0. The summed E-state index contributed by atoms with van der Waals surface area (Å²) in [6.45, 7) is 4.12. The molecule has 0 heterocycles. The van der Waals surface area contributed by atoms with Crippen LogP contribution in [-0.4, -0.2) is 15.0 Å². The standard InChI is InChI=1S/C16H19NO3S/c1-3-20-15-9-8-14(17)10-13(15)11-21(18,19)16-7-5-4-6-12(16)2/h4-10H,3,11,17H2,1-2H3. The summed E-state index contributed by atoms with van der Waals surface area (Å²) in [6.07, 6.45) is 0. The van der Waals surface area contributed by atoms with Gasteiger partial charge in [0.15, 0.2) is 9.84 Å². The van der Waals surface area contributed by atoms with E-state index in [0.29, 0.717) is 28.5 Å². The van der Waals surface area contributed by atoms with Crippen molar-refractivity contribution in [2.75, 3.05) is 12.3 Å². The Balaban J connectivity index is 2.41. The summed E-state index contributed by atoms with van der Waals surface area (Å²) in [6, 6.07) is 12.0. The number of hydrogen-bond acceptors (Lipinski definition) is 4. The number of nitrogens with two attached hydrogens (primary N) is 1. The predicted molar refractivity (Wildman–Crippen MR) is 84.1 cm³/mol. The van der Waals surface area contributed by atoms with Crippen LogP contribution in [0.1, 0.15) is 18.1 Å². The lowest BCUT2D eigenvalue weighted by Crippen LogP contribution is -2.09. The van der Waals surface area contributed by atoms with Crippen LogP contribution in [0.2, 0.25) is 0 Å². The van der Waals surface area contributed by atoms with Crippen LogP contribution in [-0.2, 0) is 15.6 Å². The maximum Gasteiger partial charge on any atom is 0.182 e. The van der Waals surface area contributed by atoms with E-state index in [9.17, 15) is 8.42 Å². The van der Waals surface area contributed by atoms with Crippen LogP contribution in [0, 0.1) is 6.92 Å². The Bertz CT molecular complexity index is 739. The Labute approximate surface area is 125 Å². The second-order valence-corrected chi connectivity index (χ2v) is 6.78. The molecule has 0 unspecified atom stereocenters. The second-order valence-electron chi connectivity index (χ2n) is 4.82. The van der Waals surface area contributed by atoms with Gasteiger partial charge in [0.2, 0.25) is 0 Å². The van der Waals surface area contributed by atoms with Gasteiger partial charge in [0.25, 0.3) is 0 Å². The molecule has 2 N–H and O–H groups in total. The maximum atomic E-state index is 12.6. The van der Waals surface area contributed by atoms with Crippen LogP contribution in [0.5, 0.6) is 5.75 Å². The van der Waals surface area contributed by atoms with Gasteiger partial charge in [-0.3, -0.25) is 0 Å². The first kappa shape index (κ1) is 15.4. The van der Waals surface area contributed by atoms with Gasteiger partial charge in [-0.2, -0.15) is 0 Å². The van der Waals surface area contributed by atoms with Crippen molar-refractivity contribution in [3.63, 3.8) is 0 Å². The molecule has 2 rings (SSSR count). The average molecular weight is 305 g/mol. The summed E-state index contributed by atoms with van der Waals surface area (Å²) in [5, 5.41) is 0. The van der Waals surface area contributed by atoms with E-state index in [1.54, 1.807) is 43.3 Å². The minimum atomic E-state index is -3.44. The van der Waals surface area contributed by atoms with E-state index in [1.807, 2.05) is 13.0 Å². The van der Waals surface area contributed by atoms with Crippen molar-refractivity contribution in [1.82, 2.24) is 0 Å². The third-order valence-electron chi connectivity index (χ3n) is 3.16. The fraction of sp³-hybridized carbons (Fsp3) is 0.250. The van der Waals surface area contributed by atoms with Crippen LogP contribution in [0.4, 0.5) is 5.69 Å². The molecule has 0 aromatic heterocycles. The van der Waals surface area contributed by atoms with Crippen LogP contribution in [0.3, 0.4) is 0 Å². The molecule has 0 aliphatic rings. The highest BCUT2D eigenvalue weighted by molar-refractivity contribution is 7.90. The number of hydrogen-bond donors (Lipinski definition) is 1. The highest BCUT2D eigenvalue weighted by atomic mass is 32.2. The van der Waals surface area contributed by atoms with Crippen molar-refractivity contribution in [3.8, 4) is 5.75 Å². The van der Waals surface area contributed by atoms with E-state index < -0.39 is 9.84 Å². The zero-order valence-corrected chi connectivity index (χ0v) is 13.0. The number of sulfone groups is 1. The van der Waals surface area contributed by atoms with Crippen molar-refractivity contribution < 1.29 is 13.2 Å². The Morgan fingerprint density at radius 2 is 1.86 bits per heavy atom. The van der Waals surface area contributed by atoms with Crippen LogP contribution in [0.15, 0.2) is 47.4 Å². The maximum absolute atomic E-state index is 12.6. The number of nitrogen functional groups attached to an aromatic ring is 1. The Morgan fingerprint density at radius 1 is 1.14 bits per heavy atom. The predicted octanol–water partition coefficient (Wildman–Crippen LogP) is 2.95. The normalized spacial score (nSPS) is 11.3. The first-order valence-electron chi connectivity index (χ1n) is 6.73. The van der Waals surface area contributed by atoms with Gasteiger partial charge in [-0.25, -0.2) is 8.42 Å². The first-order valence-corrected chi connectivity index (χ1v) is 8.39. The van der Waals surface area contributed by atoms with E-state index in [0.717, 1.165) is 5.56 Å². The van der Waals surface area contributed by atoms with E-state index in [1.165, 1.54) is 0 Å². The highest BCUT2D eigenvalue weighted by Crippen LogP contribution is 2.27. The molecule has 2 aromatic rings. The van der Waals surface area contributed by atoms with Crippen molar-refractivity contribution in [2.24, 2.45) is 0 Å². The number of anilines is 1. The molecule has 0 fully saturated rings. The molecule has 4 nitrogen and oxygen atoms in total. The second kappa shape index (κ2) is 6.18. The third kappa shape index (κ3) is 3.55. The van der Waals surface area contributed by atoms with E-state index in [4.69, 9.17) is 10.5 Å². The van der Waals surface area contributed by atoms with Crippen LogP contribution in [0.25, 0.3) is 0 Å². The van der Waals surface area contributed by atoms with Gasteiger partial charge < -0.3 is 10.5 Å². The Morgan fingerprint density at radius 3 is 2.52 bits per heavy atom. The smallest absolute Gasteiger partial charge is 0.182 e. The van der Waals surface area contributed by atoms with Gasteiger partial charge in [0, 0.05) is 11.3 Å². The van der Waals surface area contributed by atoms with Crippen molar-refractivity contribution in [3.05, 3.63) is 53.6 Å². The lowest BCUT2D eigenvalue weighted by Gasteiger charge is -2.12. The van der Waals surface area contributed by atoms with Gasteiger partial charge in [-0.15, -0.1) is 0 Å². The lowest BCUT2D eigenvalue weighted by atomic mass is 10.2. The van der Waals surface area contributed by atoms with Gasteiger partial charge >= 0.3 is 0 Å². The third-order valence-corrected chi connectivity index (χ3v) is 4.98. The summed E-state index contributed by atoms with van der Waals surface area (Å²) in [5.41, 5.74) is 7.60. The summed E-state index contributed by atoms with van der Waals surface area (Å²) < 4.78 is 30.7. The summed E-state index contributed by atoms with van der Waals surface area (Å²) in [7, 11) is -3.44. The fourth-order valence-electron chi connectivity index (χ4n) is 2.20. The van der Waals surface area contributed by atoms with E-state index in [-0.39, 0.29) is 5.75 Å².